The number of hydrogen-bond donors (Lipinski definition) is 2. The fraction of sp³-hybridized carbons (Fsp3) is 0.500. The van der Waals surface area contributed by atoms with E-state index in [1.807, 2.05) is 12.1 Å². The summed E-state index contributed by atoms with van der Waals surface area (Å²) in [6.45, 7) is 9.22. The molecule has 1 aliphatic heterocycles. The lowest BCUT2D eigenvalue weighted by Crippen LogP contribution is -2.38. The molecule has 4 heteroatoms. The predicted octanol–water partition coefficient (Wildman–Crippen LogP) is 3.62. The van der Waals surface area contributed by atoms with E-state index < -0.39 is 6.10 Å². The van der Waals surface area contributed by atoms with Crippen LogP contribution in [-0.4, -0.2) is 42.4 Å². The zero-order valence-corrected chi connectivity index (χ0v) is 17.2. The third kappa shape index (κ3) is 6.62. The highest BCUT2D eigenvalue weighted by molar-refractivity contribution is 5.29. The maximum absolute atomic E-state index is 10.4. The molecule has 1 atom stereocenters. The van der Waals surface area contributed by atoms with Crippen LogP contribution in [0.2, 0.25) is 0 Å². The summed E-state index contributed by atoms with van der Waals surface area (Å²) in [4.78, 5) is 2.31. The minimum atomic E-state index is -0.488. The molecule has 0 amide bonds. The summed E-state index contributed by atoms with van der Waals surface area (Å²) in [7, 11) is 0. The van der Waals surface area contributed by atoms with Gasteiger partial charge in [-0.2, -0.15) is 0 Å². The van der Waals surface area contributed by atoms with Crippen LogP contribution in [0.15, 0.2) is 48.5 Å². The van der Waals surface area contributed by atoms with Gasteiger partial charge in [0.1, 0.15) is 18.5 Å². The summed E-state index contributed by atoms with van der Waals surface area (Å²) >= 11 is 0. The van der Waals surface area contributed by atoms with Gasteiger partial charge in [0.2, 0.25) is 0 Å². The number of ether oxygens (including phenoxy) is 1. The third-order valence-electron chi connectivity index (χ3n) is 5.25. The number of β-amino-alcohol motifs (C(OH)–C–C–N with tert-alkyl or cyclic N) is 1. The van der Waals surface area contributed by atoms with Crippen molar-refractivity contribution < 1.29 is 9.84 Å². The molecule has 3 rings (SSSR count). The smallest absolute Gasteiger partial charge is 0.119 e. The Labute approximate surface area is 169 Å². The Balaban J connectivity index is 1.41. The van der Waals surface area contributed by atoms with Crippen LogP contribution in [0.1, 0.15) is 37.0 Å². The fourth-order valence-electron chi connectivity index (χ4n) is 3.62. The Morgan fingerprint density at radius 1 is 1.11 bits per heavy atom. The molecule has 0 saturated heterocycles. The van der Waals surface area contributed by atoms with Crippen LogP contribution >= 0.6 is 0 Å². The Kier molecular flexibility index (Phi) is 7.90. The zero-order valence-electron chi connectivity index (χ0n) is 17.2. The van der Waals surface area contributed by atoms with E-state index in [4.69, 9.17) is 4.74 Å². The van der Waals surface area contributed by atoms with E-state index in [-0.39, 0.29) is 0 Å². The molecule has 1 heterocycles. The van der Waals surface area contributed by atoms with Gasteiger partial charge >= 0.3 is 0 Å². The van der Waals surface area contributed by atoms with E-state index in [0.717, 1.165) is 44.3 Å². The van der Waals surface area contributed by atoms with Crippen molar-refractivity contribution in [2.45, 2.75) is 45.9 Å². The van der Waals surface area contributed by atoms with Gasteiger partial charge in [0.05, 0.1) is 0 Å². The van der Waals surface area contributed by atoms with Crippen molar-refractivity contribution in [3.8, 4) is 5.75 Å². The molecule has 2 N–H and O–H groups in total. The minimum Gasteiger partial charge on any atom is -0.491 e. The van der Waals surface area contributed by atoms with Crippen LogP contribution in [-0.2, 0) is 19.5 Å². The molecule has 0 spiro atoms. The quantitative estimate of drug-likeness (QED) is 0.616. The third-order valence-corrected chi connectivity index (χ3v) is 5.25. The average molecular weight is 383 g/mol. The van der Waals surface area contributed by atoms with Gasteiger partial charge in [0.25, 0.3) is 0 Å². The molecule has 0 radical (unpaired) electrons. The van der Waals surface area contributed by atoms with E-state index in [0.29, 0.717) is 13.2 Å². The summed E-state index contributed by atoms with van der Waals surface area (Å²) in [5.41, 5.74) is 4.02. The van der Waals surface area contributed by atoms with Gasteiger partial charge in [-0.25, -0.2) is 0 Å². The molecular weight excluding hydrogens is 348 g/mol. The molecule has 0 fully saturated rings. The molecule has 0 aromatic heterocycles. The van der Waals surface area contributed by atoms with Crippen LogP contribution in [0, 0.1) is 5.92 Å². The Hall–Kier alpha value is -1.88. The van der Waals surface area contributed by atoms with Gasteiger partial charge in [-0.3, -0.25) is 4.90 Å². The molecule has 0 saturated carbocycles. The van der Waals surface area contributed by atoms with Gasteiger partial charge in [-0.15, -0.1) is 0 Å². The van der Waals surface area contributed by atoms with E-state index in [9.17, 15) is 5.11 Å². The van der Waals surface area contributed by atoms with Gasteiger partial charge in [-0.05, 0) is 54.1 Å². The summed E-state index contributed by atoms with van der Waals surface area (Å²) in [5, 5.41) is 13.9. The van der Waals surface area contributed by atoms with Crippen LogP contribution in [0.3, 0.4) is 0 Å². The molecule has 2 aromatic rings. The summed E-state index contributed by atoms with van der Waals surface area (Å²) in [6.07, 6.45) is 1.75. The highest BCUT2D eigenvalue weighted by atomic mass is 16.5. The molecule has 152 valence electrons. The highest BCUT2D eigenvalue weighted by Gasteiger charge is 2.18. The number of benzene rings is 2. The topological polar surface area (TPSA) is 44.7 Å². The van der Waals surface area contributed by atoms with E-state index in [2.05, 4.69) is 60.5 Å². The number of nitrogens with zero attached hydrogens (tertiary/aromatic N) is 1. The molecule has 4 nitrogen and oxygen atoms in total. The first-order valence-corrected chi connectivity index (χ1v) is 10.5. The van der Waals surface area contributed by atoms with Crippen molar-refractivity contribution in [2.24, 2.45) is 5.92 Å². The van der Waals surface area contributed by atoms with Crippen molar-refractivity contribution in [3.05, 3.63) is 65.2 Å². The lowest BCUT2D eigenvalue weighted by molar-refractivity contribution is 0.0637. The van der Waals surface area contributed by atoms with Crippen molar-refractivity contribution in [3.63, 3.8) is 0 Å². The summed E-state index contributed by atoms with van der Waals surface area (Å²) in [6, 6.07) is 16.7. The second-order valence-corrected chi connectivity index (χ2v) is 8.23. The van der Waals surface area contributed by atoms with Gasteiger partial charge in [0, 0.05) is 26.2 Å². The maximum Gasteiger partial charge on any atom is 0.119 e. The molecule has 0 bridgehead atoms. The lowest BCUT2D eigenvalue weighted by Gasteiger charge is -2.30. The SMILES string of the molecule is CC(C)CCNCc1cccc(OCC(O)CN2CCc3ccccc3C2)c1. The average Bonchev–Trinajstić information content (AvgIpc) is 2.70. The number of rotatable bonds is 10. The van der Waals surface area contributed by atoms with E-state index in [1.54, 1.807) is 0 Å². The van der Waals surface area contributed by atoms with E-state index in [1.165, 1.54) is 23.1 Å². The lowest BCUT2D eigenvalue weighted by atomic mass is 10.00. The molecule has 2 aromatic carbocycles. The highest BCUT2D eigenvalue weighted by Crippen LogP contribution is 2.19. The Morgan fingerprint density at radius 2 is 1.93 bits per heavy atom. The minimum absolute atomic E-state index is 0.322. The first kappa shape index (κ1) is 20.8. The fourth-order valence-corrected chi connectivity index (χ4v) is 3.62. The largest absolute Gasteiger partial charge is 0.491 e. The predicted molar refractivity (Wildman–Crippen MR) is 115 cm³/mol. The second-order valence-electron chi connectivity index (χ2n) is 8.23. The van der Waals surface area contributed by atoms with E-state index >= 15 is 0 Å². The van der Waals surface area contributed by atoms with Crippen molar-refractivity contribution in [1.29, 1.82) is 0 Å². The maximum atomic E-state index is 10.4. The van der Waals surface area contributed by atoms with Crippen molar-refractivity contribution in [1.82, 2.24) is 10.2 Å². The van der Waals surface area contributed by atoms with Gasteiger partial charge in [-0.1, -0.05) is 50.2 Å². The number of aliphatic hydroxyl groups excluding tert-OH is 1. The number of nitrogens with one attached hydrogen (secondary N) is 1. The summed E-state index contributed by atoms with van der Waals surface area (Å²) < 4.78 is 5.86. The number of aliphatic hydroxyl groups is 1. The van der Waals surface area contributed by atoms with Crippen LogP contribution in [0.25, 0.3) is 0 Å². The van der Waals surface area contributed by atoms with Crippen LogP contribution in [0.4, 0.5) is 0 Å². The zero-order chi connectivity index (χ0) is 19.8. The molecule has 0 aliphatic carbocycles. The van der Waals surface area contributed by atoms with Gasteiger partial charge < -0.3 is 15.2 Å². The van der Waals surface area contributed by atoms with Crippen LogP contribution in [0.5, 0.6) is 5.75 Å². The Bertz CT molecular complexity index is 732. The standard InChI is InChI=1S/C24H34N2O2/c1-19(2)10-12-25-15-20-6-5-9-24(14-20)28-18-23(27)17-26-13-11-21-7-3-4-8-22(21)16-26/h3-9,14,19,23,25,27H,10-13,15-18H2,1-2H3. The molecule has 28 heavy (non-hydrogen) atoms. The molecule has 1 unspecified atom stereocenters. The van der Waals surface area contributed by atoms with Crippen molar-refractivity contribution in [2.75, 3.05) is 26.2 Å². The first-order chi connectivity index (χ1) is 13.6. The van der Waals surface area contributed by atoms with Crippen molar-refractivity contribution >= 4 is 0 Å². The first-order valence-electron chi connectivity index (χ1n) is 10.5. The normalized spacial score (nSPS) is 15.4. The van der Waals surface area contributed by atoms with Gasteiger partial charge in [0.15, 0.2) is 0 Å². The second kappa shape index (κ2) is 10.6. The monoisotopic (exact) mass is 382 g/mol. The molecular formula is C24H34N2O2. The number of fused-ring (bicyclic) bond motifs is 1. The summed E-state index contributed by atoms with van der Waals surface area (Å²) in [5.74, 6) is 1.54. The number of hydrogen-bond acceptors (Lipinski definition) is 4. The van der Waals surface area contributed by atoms with Crippen LogP contribution < -0.4 is 10.1 Å². The Morgan fingerprint density at radius 3 is 2.75 bits per heavy atom. The molecule has 1 aliphatic rings.